The summed E-state index contributed by atoms with van der Waals surface area (Å²) in [7, 11) is 0. The van der Waals surface area contributed by atoms with E-state index in [2.05, 4.69) is 5.32 Å². The van der Waals surface area contributed by atoms with Gasteiger partial charge in [-0.2, -0.15) is 8.78 Å². The van der Waals surface area contributed by atoms with E-state index in [0.29, 0.717) is 11.3 Å². The third-order valence-electron chi connectivity index (χ3n) is 2.80. The lowest BCUT2D eigenvalue weighted by molar-refractivity contribution is -0.123. The second-order valence-corrected chi connectivity index (χ2v) is 4.34. The Balaban J connectivity index is 2.04. The van der Waals surface area contributed by atoms with E-state index in [4.69, 9.17) is 0 Å². The summed E-state index contributed by atoms with van der Waals surface area (Å²) in [5.74, 6) is -5.40. The standard InChI is InChI=1S/C12H10F4N2O2/c13-11(14)12(15,16)5-17-10(20)6-1-2-8-7(3-6)4-9(19)18-8/h1-3,11H,4-5H2,(H,17,20)(H,18,19). The van der Waals surface area contributed by atoms with E-state index in [1.54, 1.807) is 5.32 Å². The first-order valence-electron chi connectivity index (χ1n) is 5.66. The Kier molecular flexibility index (Phi) is 3.65. The van der Waals surface area contributed by atoms with Gasteiger partial charge in [-0.3, -0.25) is 9.59 Å². The average Bonchev–Trinajstić information content (AvgIpc) is 2.74. The van der Waals surface area contributed by atoms with Crippen molar-refractivity contribution in [2.75, 3.05) is 11.9 Å². The smallest absolute Gasteiger partial charge is 0.324 e. The van der Waals surface area contributed by atoms with Gasteiger partial charge in [0.2, 0.25) is 5.91 Å². The summed E-state index contributed by atoms with van der Waals surface area (Å²) in [5.41, 5.74) is 1.14. The first-order chi connectivity index (χ1) is 9.29. The summed E-state index contributed by atoms with van der Waals surface area (Å²) >= 11 is 0. The predicted octanol–water partition coefficient (Wildman–Crippen LogP) is 1.81. The Labute approximate surface area is 111 Å². The van der Waals surface area contributed by atoms with Crippen molar-refractivity contribution in [3.8, 4) is 0 Å². The number of fused-ring (bicyclic) bond motifs is 1. The Morgan fingerprint density at radius 3 is 2.75 bits per heavy atom. The summed E-state index contributed by atoms with van der Waals surface area (Å²) in [6.45, 7) is -1.45. The number of amides is 2. The maximum absolute atomic E-state index is 12.7. The number of carbonyl (C=O) groups is 2. The molecular weight excluding hydrogens is 280 g/mol. The molecule has 1 aromatic rings. The zero-order chi connectivity index (χ0) is 14.9. The number of benzene rings is 1. The number of hydrogen-bond acceptors (Lipinski definition) is 2. The summed E-state index contributed by atoms with van der Waals surface area (Å²) < 4.78 is 49.2. The molecular formula is C12H10F4N2O2. The van der Waals surface area contributed by atoms with Crippen LogP contribution in [0.4, 0.5) is 23.2 Å². The summed E-state index contributed by atoms with van der Waals surface area (Å²) in [5, 5.41) is 4.29. The quantitative estimate of drug-likeness (QED) is 0.831. The third kappa shape index (κ3) is 2.89. The van der Waals surface area contributed by atoms with Gasteiger partial charge in [0.1, 0.15) is 0 Å². The first kappa shape index (κ1) is 14.3. The van der Waals surface area contributed by atoms with E-state index in [-0.39, 0.29) is 17.9 Å². The van der Waals surface area contributed by atoms with Gasteiger partial charge in [-0.25, -0.2) is 8.78 Å². The van der Waals surface area contributed by atoms with Gasteiger partial charge in [-0.05, 0) is 23.8 Å². The van der Waals surface area contributed by atoms with Crippen LogP contribution in [0.25, 0.3) is 0 Å². The SMILES string of the molecule is O=C1Cc2cc(C(=O)NCC(F)(F)C(F)F)ccc2N1. The van der Waals surface area contributed by atoms with Crippen molar-refractivity contribution in [1.29, 1.82) is 0 Å². The van der Waals surface area contributed by atoms with Crippen molar-refractivity contribution in [2.24, 2.45) is 0 Å². The number of alkyl halides is 4. The van der Waals surface area contributed by atoms with E-state index in [9.17, 15) is 27.2 Å². The number of carbonyl (C=O) groups excluding carboxylic acids is 2. The molecule has 8 heteroatoms. The van der Waals surface area contributed by atoms with Crippen LogP contribution in [0.5, 0.6) is 0 Å². The van der Waals surface area contributed by atoms with E-state index < -0.39 is 24.8 Å². The maximum atomic E-state index is 12.7. The predicted molar refractivity (Wildman–Crippen MR) is 62.1 cm³/mol. The first-order valence-corrected chi connectivity index (χ1v) is 5.66. The highest BCUT2D eigenvalue weighted by Crippen LogP contribution is 2.24. The second-order valence-electron chi connectivity index (χ2n) is 4.34. The Bertz CT molecular complexity index is 560. The Morgan fingerprint density at radius 1 is 1.40 bits per heavy atom. The van der Waals surface area contributed by atoms with Gasteiger partial charge >= 0.3 is 12.3 Å². The molecule has 2 rings (SSSR count). The molecule has 0 saturated heterocycles. The number of anilines is 1. The van der Waals surface area contributed by atoms with E-state index in [1.807, 2.05) is 0 Å². The average molecular weight is 290 g/mol. The molecule has 1 heterocycles. The minimum absolute atomic E-state index is 0.0327. The fourth-order valence-corrected chi connectivity index (χ4v) is 1.75. The fraction of sp³-hybridized carbons (Fsp3) is 0.333. The lowest BCUT2D eigenvalue weighted by Gasteiger charge is -2.15. The minimum Gasteiger partial charge on any atom is -0.346 e. The molecule has 1 aliphatic heterocycles. The maximum Gasteiger partial charge on any atom is 0.324 e. The van der Waals surface area contributed by atoms with Crippen LogP contribution in [0, 0.1) is 0 Å². The van der Waals surface area contributed by atoms with Crippen molar-refractivity contribution in [2.45, 2.75) is 18.8 Å². The van der Waals surface area contributed by atoms with Crippen LogP contribution in [-0.4, -0.2) is 30.7 Å². The highest BCUT2D eigenvalue weighted by Gasteiger charge is 2.40. The number of nitrogens with one attached hydrogen (secondary N) is 2. The zero-order valence-corrected chi connectivity index (χ0v) is 10.1. The van der Waals surface area contributed by atoms with Gasteiger partial charge < -0.3 is 10.6 Å². The van der Waals surface area contributed by atoms with Gasteiger partial charge in [0.25, 0.3) is 5.91 Å². The van der Waals surface area contributed by atoms with Crippen LogP contribution in [0.15, 0.2) is 18.2 Å². The van der Waals surface area contributed by atoms with Crippen LogP contribution >= 0.6 is 0 Å². The van der Waals surface area contributed by atoms with Crippen LogP contribution in [0.1, 0.15) is 15.9 Å². The fourth-order valence-electron chi connectivity index (χ4n) is 1.75. The van der Waals surface area contributed by atoms with Gasteiger partial charge in [0, 0.05) is 11.3 Å². The topological polar surface area (TPSA) is 58.2 Å². The minimum atomic E-state index is -4.27. The van der Waals surface area contributed by atoms with Gasteiger partial charge in [-0.1, -0.05) is 0 Å². The molecule has 1 aliphatic rings. The second kappa shape index (κ2) is 5.10. The molecule has 0 radical (unpaired) electrons. The van der Waals surface area contributed by atoms with E-state index in [0.717, 1.165) is 0 Å². The van der Waals surface area contributed by atoms with Crippen molar-refractivity contribution >= 4 is 17.5 Å². The van der Waals surface area contributed by atoms with Crippen LogP contribution in [0.3, 0.4) is 0 Å². The van der Waals surface area contributed by atoms with E-state index in [1.165, 1.54) is 18.2 Å². The molecule has 0 unspecified atom stereocenters. The molecule has 2 amide bonds. The van der Waals surface area contributed by atoms with Crippen LogP contribution in [-0.2, 0) is 11.2 Å². The van der Waals surface area contributed by atoms with Crippen molar-refractivity contribution in [3.05, 3.63) is 29.3 Å². The van der Waals surface area contributed by atoms with Crippen LogP contribution in [0.2, 0.25) is 0 Å². The molecule has 0 saturated carbocycles. The Morgan fingerprint density at radius 2 is 2.10 bits per heavy atom. The highest BCUT2D eigenvalue weighted by molar-refractivity contribution is 6.01. The van der Waals surface area contributed by atoms with Gasteiger partial charge in [-0.15, -0.1) is 0 Å². The summed E-state index contributed by atoms with van der Waals surface area (Å²) in [4.78, 5) is 22.7. The molecule has 20 heavy (non-hydrogen) atoms. The monoisotopic (exact) mass is 290 g/mol. The molecule has 0 aliphatic carbocycles. The summed E-state index contributed by atoms with van der Waals surface area (Å²) in [6.07, 6.45) is -3.76. The molecule has 1 aromatic carbocycles. The number of halogens is 4. The van der Waals surface area contributed by atoms with Gasteiger partial charge in [0.05, 0.1) is 13.0 Å². The third-order valence-corrected chi connectivity index (χ3v) is 2.80. The highest BCUT2D eigenvalue weighted by atomic mass is 19.3. The van der Waals surface area contributed by atoms with E-state index >= 15 is 0 Å². The molecule has 0 bridgehead atoms. The summed E-state index contributed by atoms with van der Waals surface area (Å²) in [6, 6.07) is 4.14. The molecule has 0 atom stereocenters. The van der Waals surface area contributed by atoms with Gasteiger partial charge in [0.15, 0.2) is 0 Å². The molecule has 0 aromatic heterocycles. The largest absolute Gasteiger partial charge is 0.346 e. The van der Waals surface area contributed by atoms with Crippen LogP contribution < -0.4 is 10.6 Å². The lowest BCUT2D eigenvalue weighted by Crippen LogP contribution is -2.41. The molecule has 0 fully saturated rings. The lowest BCUT2D eigenvalue weighted by atomic mass is 10.1. The molecule has 0 spiro atoms. The zero-order valence-electron chi connectivity index (χ0n) is 10.1. The molecule has 2 N–H and O–H groups in total. The molecule has 108 valence electrons. The number of hydrogen-bond donors (Lipinski definition) is 2. The van der Waals surface area contributed by atoms with Crippen molar-refractivity contribution in [3.63, 3.8) is 0 Å². The Hall–Kier alpha value is -2.12. The number of rotatable bonds is 4. The van der Waals surface area contributed by atoms with Crippen molar-refractivity contribution in [1.82, 2.24) is 5.32 Å². The normalized spacial score (nSPS) is 14.2. The molecule has 4 nitrogen and oxygen atoms in total. The van der Waals surface area contributed by atoms with Crippen molar-refractivity contribution < 1.29 is 27.2 Å².